The Hall–Kier alpha value is -1.56. The lowest BCUT2D eigenvalue weighted by Crippen LogP contribution is -2.40. The second kappa shape index (κ2) is 6.47. The molecule has 1 saturated heterocycles. The maximum absolute atomic E-state index is 12.8. The monoisotopic (exact) mass is 300 g/mol. The number of likely N-dealkylation sites (tertiary alicyclic amines) is 1. The van der Waals surface area contributed by atoms with Gasteiger partial charge in [-0.15, -0.1) is 0 Å². The molecule has 1 atom stereocenters. The van der Waals surface area contributed by atoms with Crippen LogP contribution in [0, 0.1) is 0 Å². The summed E-state index contributed by atoms with van der Waals surface area (Å²) in [7, 11) is 1.69. The summed E-state index contributed by atoms with van der Waals surface area (Å²) in [5.74, 6) is 0.0773. The Labute approximate surface area is 122 Å². The Bertz CT molecular complexity index is 502. The van der Waals surface area contributed by atoms with Crippen LogP contribution >= 0.6 is 0 Å². The van der Waals surface area contributed by atoms with Crippen molar-refractivity contribution >= 4 is 5.91 Å². The summed E-state index contributed by atoms with van der Waals surface area (Å²) in [5, 5.41) is 3.00. The van der Waals surface area contributed by atoms with Crippen LogP contribution in [0.3, 0.4) is 0 Å². The van der Waals surface area contributed by atoms with Crippen molar-refractivity contribution in [3.8, 4) is 0 Å². The fourth-order valence-corrected chi connectivity index (χ4v) is 2.57. The van der Waals surface area contributed by atoms with E-state index in [-0.39, 0.29) is 11.9 Å². The molecule has 0 bridgehead atoms. The van der Waals surface area contributed by atoms with E-state index < -0.39 is 11.7 Å². The molecule has 1 aromatic rings. The Morgan fingerprint density at radius 3 is 2.71 bits per heavy atom. The molecule has 1 N–H and O–H groups in total. The van der Waals surface area contributed by atoms with Gasteiger partial charge in [0.2, 0.25) is 5.91 Å². The molecule has 1 amide bonds. The molecule has 1 aliphatic heterocycles. The van der Waals surface area contributed by atoms with E-state index >= 15 is 0 Å². The van der Waals surface area contributed by atoms with Crippen LogP contribution in [0.15, 0.2) is 24.3 Å². The van der Waals surface area contributed by atoms with E-state index in [1.54, 1.807) is 18.0 Å². The Kier molecular flexibility index (Phi) is 4.88. The first-order valence-corrected chi connectivity index (χ1v) is 7.04. The van der Waals surface area contributed by atoms with Gasteiger partial charge in [0.15, 0.2) is 0 Å². The number of piperidine rings is 1. The van der Waals surface area contributed by atoms with E-state index in [1.807, 2.05) is 0 Å². The average molecular weight is 300 g/mol. The molecule has 116 valence electrons. The van der Waals surface area contributed by atoms with Crippen molar-refractivity contribution in [1.82, 2.24) is 10.2 Å². The summed E-state index contributed by atoms with van der Waals surface area (Å²) in [5.41, 5.74) is -0.115. The summed E-state index contributed by atoms with van der Waals surface area (Å²) in [6.45, 7) is 1.08. The van der Waals surface area contributed by atoms with E-state index in [1.165, 1.54) is 6.07 Å². The number of carbonyl (C=O) groups excluding carboxylic acids is 1. The van der Waals surface area contributed by atoms with Crippen LogP contribution < -0.4 is 5.32 Å². The Morgan fingerprint density at radius 2 is 2.10 bits per heavy atom. The first kappa shape index (κ1) is 15.8. The number of likely N-dealkylation sites (N-methyl/N-ethyl adjacent to an activating group) is 1. The first-order chi connectivity index (χ1) is 9.91. The predicted octanol–water partition coefficient (Wildman–Crippen LogP) is 2.98. The molecule has 0 spiro atoms. The topological polar surface area (TPSA) is 32.3 Å². The van der Waals surface area contributed by atoms with E-state index in [0.717, 1.165) is 25.0 Å². The summed E-state index contributed by atoms with van der Waals surface area (Å²) in [6.07, 6.45) is -1.98. The van der Waals surface area contributed by atoms with E-state index in [0.29, 0.717) is 25.1 Å². The van der Waals surface area contributed by atoms with Gasteiger partial charge in [0.25, 0.3) is 0 Å². The maximum Gasteiger partial charge on any atom is 0.416 e. The highest BCUT2D eigenvalue weighted by Gasteiger charge is 2.31. The number of halogens is 3. The summed E-state index contributed by atoms with van der Waals surface area (Å²) in [4.78, 5) is 13.5. The molecule has 2 rings (SSSR count). The molecular formula is C15H19F3N2O. The van der Waals surface area contributed by atoms with E-state index in [9.17, 15) is 18.0 Å². The highest BCUT2D eigenvalue weighted by molar-refractivity contribution is 5.76. The van der Waals surface area contributed by atoms with Gasteiger partial charge in [0, 0.05) is 25.6 Å². The lowest BCUT2D eigenvalue weighted by Gasteiger charge is -2.31. The average Bonchev–Trinajstić information content (AvgIpc) is 2.46. The Morgan fingerprint density at radius 1 is 1.33 bits per heavy atom. The van der Waals surface area contributed by atoms with Crippen molar-refractivity contribution in [2.75, 3.05) is 20.1 Å². The van der Waals surface area contributed by atoms with Crippen LogP contribution in [0.4, 0.5) is 13.2 Å². The maximum atomic E-state index is 12.8. The van der Waals surface area contributed by atoms with Crippen LogP contribution in [0.2, 0.25) is 0 Å². The van der Waals surface area contributed by atoms with Gasteiger partial charge in [-0.2, -0.15) is 13.2 Å². The number of hydrogen-bond donors (Lipinski definition) is 1. The molecule has 0 aliphatic carbocycles. The number of alkyl halides is 3. The van der Waals surface area contributed by atoms with Crippen molar-refractivity contribution in [3.63, 3.8) is 0 Å². The SMILES string of the molecule is CNC(CN1CCCCC1=O)c1cccc(C(F)(F)F)c1. The van der Waals surface area contributed by atoms with E-state index in [4.69, 9.17) is 0 Å². The largest absolute Gasteiger partial charge is 0.416 e. The number of rotatable bonds is 4. The van der Waals surface area contributed by atoms with Gasteiger partial charge in [-0.1, -0.05) is 12.1 Å². The van der Waals surface area contributed by atoms with Gasteiger partial charge >= 0.3 is 6.18 Å². The smallest absolute Gasteiger partial charge is 0.341 e. The molecule has 1 unspecified atom stereocenters. The third-order valence-corrected chi connectivity index (χ3v) is 3.79. The molecule has 1 heterocycles. The quantitative estimate of drug-likeness (QED) is 0.927. The van der Waals surface area contributed by atoms with Crippen molar-refractivity contribution in [1.29, 1.82) is 0 Å². The van der Waals surface area contributed by atoms with Gasteiger partial charge in [-0.25, -0.2) is 0 Å². The van der Waals surface area contributed by atoms with Crippen LogP contribution in [-0.2, 0) is 11.0 Å². The first-order valence-electron chi connectivity index (χ1n) is 7.04. The minimum atomic E-state index is -4.35. The van der Waals surface area contributed by atoms with Gasteiger partial charge in [0.1, 0.15) is 0 Å². The molecule has 0 aromatic heterocycles. The third-order valence-electron chi connectivity index (χ3n) is 3.79. The second-order valence-electron chi connectivity index (χ2n) is 5.26. The highest BCUT2D eigenvalue weighted by atomic mass is 19.4. The van der Waals surface area contributed by atoms with Crippen LogP contribution in [-0.4, -0.2) is 30.9 Å². The predicted molar refractivity (Wildman–Crippen MR) is 73.7 cm³/mol. The van der Waals surface area contributed by atoms with Crippen LogP contribution in [0.25, 0.3) is 0 Å². The fourth-order valence-electron chi connectivity index (χ4n) is 2.57. The van der Waals surface area contributed by atoms with Gasteiger partial charge < -0.3 is 10.2 Å². The number of benzene rings is 1. The number of carbonyl (C=O) groups is 1. The second-order valence-corrected chi connectivity index (χ2v) is 5.26. The lowest BCUT2D eigenvalue weighted by atomic mass is 10.0. The van der Waals surface area contributed by atoms with Crippen LogP contribution in [0.1, 0.15) is 36.4 Å². The molecule has 3 nitrogen and oxygen atoms in total. The molecule has 21 heavy (non-hydrogen) atoms. The Balaban J connectivity index is 2.15. The van der Waals surface area contributed by atoms with Crippen molar-refractivity contribution in [2.45, 2.75) is 31.5 Å². The number of nitrogens with one attached hydrogen (secondary N) is 1. The number of nitrogens with zero attached hydrogens (tertiary/aromatic N) is 1. The zero-order valence-electron chi connectivity index (χ0n) is 11.9. The minimum Gasteiger partial charge on any atom is -0.341 e. The summed E-state index contributed by atoms with van der Waals surface area (Å²) < 4.78 is 38.3. The molecular weight excluding hydrogens is 281 g/mol. The normalized spacial score (nSPS) is 17.9. The summed E-state index contributed by atoms with van der Waals surface area (Å²) in [6, 6.07) is 4.97. The standard InChI is InChI=1S/C15H19F3N2O/c1-19-13(10-20-8-3-2-7-14(20)21)11-5-4-6-12(9-11)15(16,17)18/h4-6,9,13,19H,2-3,7-8,10H2,1H3. The van der Waals surface area contributed by atoms with Crippen LogP contribution in [0.5, 0.6) is 0 Å². The lowest BCUT2D eigenvalue weighted by molar-refractivity contribution is -0.138. The van der Waals surface area contributed by atoms with Gasteiger partial charge in [0.05, 0.1) is 5.56 Å². The molecule has 0 saturated carbocycles. The number of amides is 1. The van der Waals surface area contributed by atoms with Crippen molar-refractivity contribution in [3.05, 3.63) is 35.4 Å². The zero-order valence-corrected chi connectivity index (χ0v) is 11.9. The highest BCUT2D eigenvalue weighted by Crippen LogP contribution is 2.31. The molecule has 1 aromatic carbocycles. The minimum absolute atomic E-state index is 0.0773. The van der Waals surface area contributed by atoms with Crippen molar-refractivity contribution in [2.24, 2.45) is 0 Å². The summed E-state index contributed by atoms with van der Waals surface area (Å²) >= 11 is 0. The fraction of sp³-hybridized carbons (Fsp3) is 0.533. The van der Waals surface area contributed by atoms with E-state index in [2.05, 4.69) is 5.32 Å². The molecule has 1 fully saturated rings. The van der Waals surface area contributed by atoms with Gasteiger partial charge in [-0.3, -0.25) is 4.79 Å². The molecule has 6 heteroatoms. The van der Waals surface area contributed by atoms with Gasteiger partial charge in [-0.05, 0) is 37.6 Å². The third kappa shape index (κ3) is 3.97. The molecule has 1 aliphatic rings. The molecule has 0 radical (unpaired) electrons. The van der Waals surface area contributed by atoms with Crippen molar-refractivity contribution < 1.29 is 18.0 Å². The zero-order chi connectivity index (χ0) is 15.5. The number of hydrogen-bond acceptors (Lipinski definition) is 2.